The van der Waals surface area contributed by atoms with E-state index in [0.717, 1.165) is 43.4 Å². The first-order valence-corrected chi connectivity index (χ1v) is 8.71. The zero-order chi connectivity index (χ0) is 16.8. The van der Waals surface area contributed by atoms with E-state index in [2.05, 4.69) is 17.4 Å². The van der Waals surface area contributed by atoms with E-state index in [4.69, 9.17) is 4.74 Å². The van der Waals surface area contributed by atoms with E-state index >= 15 is 0 Å². The normalized spacial score (nSPS) is 15.9. The van der Waals surface area contributed by atoms with Gasteiger partial charge in [0.2, 0.25) is 5.91 Å². The predicted molar refractivity (Wildman–Crippen MR) is 96.3 cm³/mol. The van der Waals surface area contributed by atoms with Crippen molar-refractivity contribution in [2.45, 2.75) is 37.5 Å². The van der Waals surface area contributed by atoms with Crippen LogP contribution < -0.4 is 10.1 Å². The molecule has 0 atom stereocenters. The number of amides is 1. The number of carbonyl (C=O) groups excluding carboxylic acids is 1. The molecule has 1 aliphatic rings. The van der Waals surface area contributed by atoms with Gasteiger partial charge in [-0.2, -0.15) is 0 Å². The van der Waals surface area contributed by atoms with Crippen molar-refractivity contribution in [2.24, 2.45) is 0 Å². The summed E-state index contributed by atoms with van der Waals surface area (Å²) in [6.07, 6.45) is 4.99. The van der Waals surface area contributed by atoms with Crippen molar-refractivity contribution in [3.63, 3.8) is 0 Å². The third-order valence-corrected chi connectivity index (χ3v) is 5.08. The standard InChI is InChI=1S/C21H25NO2/c1-24-19-11-9-17(10-12-19)13-16-22-20(23)21(14-5-6-15-21)18-7-3-2-4-8-18/h2-4,7-12H,5-6,13-16H2,1H3,(H,22,23). The largest absolute Gasteiger partial charge is 0.497 e. The molecule has 0 radical (unpaired) electrons. The van der Waals surface area contributed by atoms with Crippen LogP contribution >= 0.6 is 0 Å². The molecule has 0 aromatic heterocycles. The Morgan fingerprint density at radius 2 is 1.71 bits per heavy atom. The number of rotatable bonds is 6. The average molecular weight is 323 g/mol. The molecule has 1 amide bonds. The van der Waals surface area contributed by atoms with Gasteiger partial charge >= 0.3 is 0 Å². The summed E-state index contributed by atoms with van der Waals surface area (Å²) in [5.41, 5.74) is 2.03. The first kappa shape index (κ1) is 16.6. The van der Waals surface area contributed by atoms with Gasteiger partial charge in [0.05, 0.1) is 12.5 Å². The molecule has 0 spiro atoms. The summed E-state index contributed by atoms with van der Waals surface area (Å²) in [5.74, 6) is 1.04. The summed E-state index contributed by atoms with van der Waals surface area (Å²) in [6.45, 7) is 0.666. The van der Waals surface area contributed by atoms with Gasteiger partial charge < -0.3 is 10.1 Å². The molecule has 3 nitrogen and oxygen atoms in total. The van der Waals surface area contributed by atoms with Gasteiger partial charge in [0.15, 0.2) is 0 Å². The van der Waals surface area contributed by atoms with Crippen LogP contribution in [0, 0.1) is 0 Å². The topological polar surface area (TPSA) is 38.3 Å². The smallest absolute Gasteiger partial charge is 0.230 e. The lowest BCUT2D eigenvalue weighted by atomic mass is 9.78. The van der Waals surface area contributed by atoms with Crippen LogP contribution in [0.5, 0.6) is 5.75 Å². The Hall–Kier alpha value is -2.29. The summed E-state index contributed by atoms with van der Waals surface area (Å²) in [7, 11) is 1.67. The van der Waals surface area contributed by atoms with Gasteiger partial charge in [-0.15, -0.1) is 0 Å². The Balaban J connectivity index is 1.62. The maximum Gasteiger partial charge on any atom is 0.230 e. The molecule has 1 aliphatic carbocycles. The van der Waals surface area contributed by atoms with Gasteiger partial charge in [-0.25, -0.2) is 0 Å². The molecule has 1 fully saturated rings. The van der Waals surface area contributed by atoms with Crippen molar-refractivity contribution in [3.8, 4) is 5.75 Å². The van der Waals surface area contributed by atoms with Crippen molar-refractivity contribution in [1.29, 1.82) is 0 Å². The molecule has 3 rings (SSSR count). The highest BCUT2D eigenvalue weighted by Gasteiger charge is 2.42. The zero-order valence-electron chi connectivity index (χ0n) is 14.3. The quantitative estimate of drug-likeness (QED) is 0.876. The van der Waals surface area contributed by atoms with Crippen molar-refractivity contribution in [3.05, 3.63) is 65.7 Å². The maximum atomic E-state index is 12.9. The molecule has 126 valence electrons. The number of carbonyl (C=O) groups is 1. The van der Waals surface area contributed by atoms with Crippen molar-refractivity contribution in [2.75, 3.05) is 13.7 Å². The fraction of sp³-hybridized carbons (Fsp3) is 0.381. The van der Waals surface area contributed by atoms with Crippen LogP contribution in [0.3, 0.4) is 0 Å². The van der Waals surface area contributed by atoms with Crippen molar-refractivity contribution in [1.82, 2.24) is 5.32 Å². The van der Waals surface area contributed by atoms with Crippen molar-refractivity contribution >= 4 is 5.91 Å². The Bertz CT molecular complexity index is 658. The highest BCUT2D eigenvalue weighted by Crippen LogP contribution is 2.41. The SMILES string of the molecule is COc1ccc(CCNC(=O)C2(c3ccccc3)CCCC2)cc1. The minimum Gasteiger partial charge on any atom is -0.497 e. The van der Waals surface area contributed by atoms with Crippen LogP contribution in [-0.2, 0) is 16.6 Å². The number of hydrogen-bond donors (Lipinski definition) is 1. The van der Waals surface area contributed by atoms with Crippen LogP contribution in [0.2, 0.25) is 0 Å². The second-order valence-electron chi connectivity index (χ2n) is 6.51. The highest BCUT2D eigenvalue weighted by molar-refractivity contribution is 5.88. The molecule has 3 heteroatoms. The Morgan fingerprint density at radius 1 is 1.04 bits per heavy atom. The second-order valence-corrected chi connectivity index (χ2v) is 6.51. The van der Waals surface area contributed by atoms with Crippen LogP contribution in [0.15, 0.2) is 54.6 Å². The van der Waals surface area contributed by atoms with E-state index in [-0.39, 0.29) is 11.3 Å². The van der Waals surface area contributed by atoms with Gasteiger partial charge in [-0.1, -0.05) is 55.3 Å². The van der Waals surface area contributed by atoms with Crippen LogP contribution in [0.1, 0.15) is 36.8 Å². The van der Waals surface area contributed by atoms with Crippen LogP contribution in [-0.4, -0.2) is 19.6 Å². The summed E-state index contributed by atoms with van der Waals surface area (Å²) >= 11 is 0. The van der Waals surface area contributed by atoms with E-state index in [9.17, 15) is 4.79 Å². The summed E-state index contributed by atoms with van der Waals surface area (Å²) in [4.78, 5) is 12.9. The average Bonchev–Trinajstić information content (AvgIpc) is 3.14. The molecule has 2 aromatic rings. The maximum absolute atomic E-state index is 12.9. The number of hydrogen-bond acceptors (Lipinski definition) is 2. The monoisotopic (exact) mass is 323 g/mol. The van der Waals surface area contributed by atoms with E-state index < -0.39 is 0 Å². The van der Waals surface area contributed by atoms with E-state index in [1.165, 1.54) is 5.56 Å². The van der Waals surface area contributed by atoms with E-state index in [1.807, 2.05) is 42.5 Å². The molecule has 0 aliphatic heterocycles. The summed E-state index contributed by atoms with van der Waals surface area (Å²) in [5, 5.41) is 3.17. The zero-order valence-corrected chi connectivity index (χ0v) is 14.3. The molecule has 1 N–H and O–H groups in total. The first-order chi connectivity index (χ1) is 11.7. The number of nitrogens with one attached hydrogen (secondary N) is 1. The fourth-order valence-electron chi connectivity index (χ4n) is 3.66. The fourth-order valence-corrected chi connectivity index (χ4v) is 3.66. The van der Waals surface area contributed by atoms with Crippen molar-refractivity contribution < 1.29 is 9.53 Å². The van der Waals surface area contributed by atoms with E-state index in [0.29, 0.717) is 6.54 Å². The third-order valence-electron chi connectivity index (χ3n) is 5.08. The van der Waals surface area contributed by atoms with Gasteiger partial charge in [0.25, 0.3) is 0 Å². The third kappa shape index (κ3) is 3.45. The first-order valence-electron chi connectivity index (χ1n) is 8.71. The predicted octanol–water partition coefficient (Wildman–Crippen LogP) is 3.87. The van der Waals surface area contributed by atoms with E-state index in [1.54, 1.807) is 7.11 Å². The molecule has 2 aromatic carbocycles. The van der Waals surface area contributed by atoms with Gasteiger partial charge in [-0.05, 0) is 42.5 Å². The highest BCUT2D eigenvalue weighted by atomic mass is 16.5. The Morgan fingerprint density at radius 3 is 2.33 bits per heavy atom. The minimum atomic E-state index is -0.332. The second kappa shape index (κ2) is 7.52. The summed E-state index contributed by atoms with van der Waals surface area (Å²) in [6, 6.07) is 18.3. The molecule has 1 saturated carbocycles. The molecule has 24 heavy (non-hydrogen) atoms. The molecule has 0 unspecified atom stereocenters. The molecular formula is C21H25NO2. The summed E-state index contributed by atoms with van der Waals surface area (Å²) < 4.78 is 5.17. The van der Waals surface area contributed by atoms with Gasteiger partial charge in [-0.3, -0.25) is 4.79 Å². The lowest BCUT2D eigenvalue weighted by molar-refractivity contribution is -0.126. The van der Waals surface area contributed by atoms with Gasteiger partial charge in [0, 0.05) is 6.54 Å². The number of benzene rings is 2. The van der Waals surface area contributed by atoms with Gasteiger partial charge in [0.1, 0.15) is 5.75 Å². The van der Waals surface area contributed by atoms with Crippen LogP contribution in [0.25, 0.3) is 0 Å². The Kier molecular flexibility index (Phi) is 5.19. The molecular weight excluding hydrogens is 298 g/mol. The number of methoxy groups -OCH3 is 1. The minimum absolute atomic E-state index is 0.180. The lowest BCUT2D eigenvalue weighted by Crippen LogP contribution is -2.43. The number of ether oxygens (including phenoxy) is 1. The molecule has 0 heterocycles. The molecule has 0 bridgehead atoms. The lowest BCUT2D eigenvalue weighted by Gasteiger charge is -2.28. The van der Waals surface area contributed by atoms with Crippen LogP contribution in [0.4, 0.5) is 0 Å². The Labute approximate surface area is 144 Å². The molecule has 0 saturated heterocycles.